The second kappa shape index (κ2) is 5.46. The van der Waals surface area contributed by atoms with Crippen molar-refractivity contribution in [3.8, 4) is 11.3 Å². The SMILES string of the molecule is C=C/C=C\c1nc(-c2ccc(C)cc2)ccc1C. The molecule has 0 aliphatic rings. The van der Waals surface area contributed by atoms with Crippen molar-refractivity contribution in [3.63, 3.8) is 0 Å². The zero-order chi connectivity index (χ0) is 13.0. The van der Waals surface area contributed by atoms with E-state index in [1.165, 1.54) is 11.1 Å². The van der Waals surface area contributed by atoms with E-state index in [0.29, 0.717) is 0 Å². The summed E-state index contributed by atoms with van der Waals surface area (Å²) in [7, 11) is 0. The molecule has 1 nitrogen and oxygen atoms in total. The van der Waals surface area contributed by atoms with Crippen LogP contribution in [0.4, 0.5) is 0 Å². The molecule has 2 rings (SSSR count). The molecule has 0 unspecified atom stereocenters. The maximum Gasteiger partial charge on any atom is 0.0709 e. The molecule has 0 fully saturated rings. The highest BCUT2D eigenvalue weighted by molar-refractivity contribution is 5.63. The summed E-state index contributed by atoms with van der Waals surface area (Å²) in [5.74, 6) is 0. The fourth-order valence-corrected chi connectivity index (χ4v) is 1.76. The predicted molar refractivity (Wildman–Crippen MR) is 78.4 cm³/mol. The number of hydrogen-bond donors (Lipinski definition) is 0. The highest BCUT2D eigenvalue weighted by Gasteiger charge is 2.02. The molecule has 0 bridgehead atoms. The van der Waals surface area contributed by atoms with Gasteiger partial charge in [-0.15, -0.1) is 0 Å². The molecule has 2 aromatic rings. The minimum atomic E-state index is 0.993. The van der Waals surface area contributed by atoms with Crippen LogP contribution in [0.25, 0.3) is 17.3 Å². The van der Waals surface area contributed by atoms with Crippen LogP contribution in [0.1, 0.15) is 16.8 Å². The molecule has 0 aliphatic heterocycles. The number of nitrogens with zero attached hydrogens (tertiary/aromatic N) is 1. The van der Waals surface area contributed by atoms with E-state index in [2.05, 4.69) is 61.8 Å². The van der Waals surface area contributed by atoms with Gasteiger partial charge in [0.2, 0.25) is 0 Å². The highest BCUT2D eigenvalue weighted by atomic mass is 14.7. The molecule has 0 saturated heterocycles. The van der Waals surface area contributed by atoms with Crippen LogP contribution in [-0.2, 0) is 0 Å². The Balaban J connectivity index is 2.43. The number of pyridine rings is 1. The lowest BCUT2D eigenvalue weighted by molar-refractivity contribution is 1.24. The van der Waals surface area contributed by atoms with E-state index in [9.17, 15) is 0 Å². The minimum absolute atomic E-state index is 0.993. The van der Waals surface area contributed by atoms with Gasteiger partial charge >= 0.3 is 0 Å². The minimum Gasteiger partial charge on any atom is -0.248 e. The largest absolute Gasteiger partial charge is 0.248 e. The Labute approximate surface area is 109 Å². The van der Waals surface area contributed by atoms with Gasteiger partial charge in [0.05, 0.1) is 11.4 Å². The Morgan fingerprint density at radius 2 is 1.72 bits per heavy atom. The fourth-order valence-electron chi connectivity index (χ4n) is 1.76. The summed E-state index contributed by atoms with van der Waals surface area (Å²) >= 11 is 0. The van der Waals surface area contributed by atoms with Crippen LogP contribution in [0, 0.1) is 13.8 Å². The lowest BCUT2D eigenvalue weighted by Gasteiger charge is -2.05. The molecule has 0 atom stereocenters. The number of aryl methyl sites for hydroxylation is 2. The van der Waals surface area contributed by atoms with Crippen molar-refractivity contribution < 1.29 is 0 Å². The third-order valence-corrected chi connectivity index (χ3v) is 2.87. The molecule has 1 aromatic carbocycles. The van der Waals surface area contributed by atoms with Crippen molar-refractivity contribution in [3.05, 3.63) is 72.0 Å². The van der Waals surface area contributed by atoms with Crippen molar-refractivity contribution in [2.24, 2.45) is 0 Å². The van der Waals surface area contributed by atoms with Gasteiger partial charge in [0.1, 0.15) is 0 Å². The van der Waals surface area contributed by atoms with Gasteiger partial charge in [-0.3, -0.25) is 0 Å². The zero-order valence-electron chi connectivity index (χ0n) is 10.9. The van der Waals surface area contributed by atoms with Crippen LogP contribution >= 0.6 is 0 Å². The Kier molecular flexibility index (Phi) is 3.73. The summed E-state index contributed by atoms with van der Waals surface area (Å²) in [5, 5.41) is 0. The number of hydrogen-bond acceptors (Lipinski definition) is 1. The van der Waals surface area contributed by atoms with Crippen molar-refractivity contribution >= 4 is 6.08 Å². The fraction of sp³-hybridized carbons (Fsp3) is 0.118. The quantitative estimate of drug-likeness (QED) is 0.710. The van der Waals surface area contributed by atoms with Gasteiger partial charge in [-0.25, -0.2) is 4.98 Å². The molecule has 0 aliphatic carbocycles. The molecule has 1 aromatic heterocycles. The Morgan fingerprint density at radius 3 is 2.39 bits per heavy atom. The van der Waals surface area contributed by atoms with Crippen molar-refractivity contribution in [2.75, 3.05) is 0 Å². The van der Waals surface area contributed by atoms with Gasteiger partial charge in [-0.05, 0) is 31.6 Å². The van der Waals surface area contributed by atoms with Gasteiger partial charge in [0.25, 0.3) is 0 Å². The Morgan fingerprint density at radius 1 is 1.00 bits per heavy atom. The average molecular weight is 235 g/mol. The molecule has 90 valence electrons. The van der Waals surface area contributed by atoms with E-state index in [-0.39, 0.29) is 0 Å². The first-order chi connectivity index (χ1) is 8.70. The van der Waals surface area contributed by atoms with E-state index in [1.54, 1.807) is 6.08 Å². The van der Waals surface area contributed by atoms with E-state index in [1.807, 2.05) is 12.2 Å². The molecular formula is C17H17N. The predicted octanol–water partition coefficient (Wildman–Crippen LogP) is 4.56. The first kappa shape index (κ1) is 12.3. The monoisotopic (exact) mass is 235 g/mol. The molecule has 1 heteroatoms. The number of aromatic nitrogens is 1. The lowest BCUT2D eigenvalue weighted by atomic mass is 10.1. The zero-order valence-corrected chi connectivity index (χ0v) is 10.9. The van der Waals surface area contributed by atoms with Crippen LogP contribution in [0.2, 0.25) is 0 Å². The summed E-state index contributed by atoms with van der Waals surface area (Å²) in [5.41, 5.74) is 5.58. The van der Waals surface area contributed by atoms with Crippen molar-refractivity contribution in [1.82, 2.24) is 4.98 Å². The van der Waals surface area contributed by atoms with Crippen LogP contribution < -0.4 is 0 Å². The standard InChI is InChI=1S/C17H17N/c1-4-5-6-16-14(3)9-12-17(18-16)15-10-7-13(2)8-11-15/h4-12H,1H2,2-3H3/b6-5-. The third kappa shape index (κ3) is 2.75. The maximum atomic E-state index is 4.68. The summed E-state index contributed by atoms with van der Waals surface area (Å²) in [4.78, 5) is 4.68. The maximum absolute atomic E-state index is 4.68. The van der Waals surface area contributed by atoms with Crippen LogP contribution in [0.3, 0.4) is 0 Å². The van der Waals surface area contributed by atoms with E-state index < -0.39 is 0 Å². The molecule has 18 heavy (non-hydrogen) atoms. The second-order valence-corrected chi connectivity index (χ2v) is 4.36. The molecule has 0 saturated carbocycles. The van der Waals surface area contributed by atoms with E-state index in [0.717, 1.165) is 17.0 Å². The number of benzene rings is 1. The topological polar surface area (TPSA) is 12.9 Å². The molecular weight excluding hydrogens is 218 g/mol. The molecule has 0 radical (unpaired) electrons. The summed E-state index contributed by atoms with van der Waals surface area (Å²) in [6, 6.07) is 12.6. The van der Waals surface area contributed by atoms with Crippen LogP contribution in [-0.4, -0.2) is 4.98 Å². The van der Waals surface area contributed by atoms with Gasteiger partial charge in [-0.1, -0.05) is 54.6 Å². The first-order valence-electron chi connectivity index (χ1n) is 6.04. The van der Waals surface area contributed by atoms with Gasteiger partial charge < -0.3 is 0 Å². The Bertz CT molecular complexity index is 577. The summed E-state index contributed by atoms with van der Waals surface area (Å²) in [6.07, 6.45) is 5.66. The number of rotatable bonds is 3. The Hall–Kier alpha value is -2.15. The first-order valence-corrected chi connectivity index (χ1v) is 6.04. The van der Waals surface area contributed by atoms with Crippen molar-refractivity contribution in [1.29, 1.82) is 0 Å². The average Bonchev–Trinajstić information content (AvgIpc) is 2.39. The lowest BCUT2D eigenvalue weighted by Crippen LogP contribution is -1.90. The van der Waals surface area contributed by atoms with Gasteiger partial charge in [0.15, 0.2) is 0 Å². The summed E-state index contributed by atoms with van der Waals surface area (Å²) in [6.45, 7) is 7.83. The summed E-state index contributed by atoms with van der Waals surface area (Å²) < 4.78 is 0. The normalized spacial score (nSPS) is 10.8. The molecule has 0 N–H and O–H groups in total. The van der Waals surface area contributed by atoms with Crippen LogP contribution in [0.5, 0.6) is 0 Å². The van der Waals surface area contributed by atoms with Gasteiger partial charge in [0, 0.05) is 5.56 Å². The number of allylic oxidation sites excluding steroid dienone is 2. The van der Waals surface area contributed by atoms with Gasteiger partial charge in [-0.2, -0.15) is 0 Å². The molecule has 0 spiro atoms. The van der Waals surface area contributed by atoms with Crippen LogP contribution in [0.15, 0.2) is 55.1 Å². The van der Waals surface area contributed by atoms with E-state index in [4.69, 9.17) is 0 Å². The molecule has 1 heterocycles. The van der Waals surface area contributed by atoms with Crippen molar-refractivity contribution in [2.45, 2.75) is 13.8 Å². The smallest absolute Gasteiger partial charge is 0.0709 e. The second-order valence-electron chi connectivity index (χ2n) is 4.36. The third-order valence-electron chi connectivity index (χ3n) is 2.87. The molecule has 0 amide bonds. The van der Waals surface area contributed by atoms with E-state index >= 15 is 0 Å². The highest BCUT2D eigenvalue weighted by Crippen LogP contribution is 2.20.